The number of carbonyl (C=O) groups is 1. The molecule has 168 valence electrons. The molecule has 0 spiro atoms. The fourth-order valence-electron chi connectivity index (χ4n) is 3.34. The zero-order chi connectivity index (χ0) is 22.6. The molecule has 3 rings (SSSR count). The SMILES string of the molecule is CC(=O)c1ccc(OCC(O)CN2CCN(S(=O)(=O)c3c(F)cccc3F)CC2)cc1. The molecule has 0 bridgehead atoms. The molecule has 2 aromatic rings. The van der Waals surface area contributed by atoms with Gasteiger partial charge < -0.3 is 9.84 Å². The Morgan fingerprint density at radius 2 is 1.65 bits per heavy atom. The Labute approximate surface area is 179 Å². The van der Waals surface area contributed by atoms with Gasteiger partial charge in [-0.1, -0.05) is 6.07 Å². The van der Waals surface area contributed by atoms with Gasteiger partial charge in [-0.2, -0.15) is 4.31 Å². The van der Waals surface area contributed by atoms with Crippen LogP contribution in [0.2, 0.25) is 0 Å². The molecule has 0 saturated carbocycles. The molecular weight excluding hydrogens is 430 g/mol. The van der Waals surface area contributed by atoms with E-state index in [9.17, 15) is 27.1 Å². The van der Waals surface area contributed by atoms with Crippen LogP contribution in [-0.4, -0.2) is 73.9 Å². The van der Waals surface area contributed by atoms with Gasteiger partial charge in [0.2, 0.25) is 10.0 Å². The fraction of sp³-hybridized carbons (Fsp3) is 0.381. The second-order valence-corrected chi connectivity index (χ2v) is 9.18. The minimum Gasteiger partial charge on any atom is -0.491 e. The quantitative estimate of drug-likeness (QED) is 0.614. The molecule has 1 unspecified atom stereocenters. The number of hydrogen-bond acceptors (Lipinski definition) is 6. The van der Waals surface area contributed by atoms with Crippen molar-refractivity contribution in [1.82, 2.24) is 9.21 Å². The molecule has 1 heterocycles. The molecule has 31 heavy (non-hydrogen) atoms. The van der Waals surface area contributed by atoms with Gasteiger partial charge in [0.05, 0.1) is 0 Å². The first kappa shape index (κ1) is 23.3. The van der Waals surface area contributed by atoms with Crippen molar-refractivity contribution in [3.8, 4) is 5.75 Å². The second kappa shape index (κ2) is 9.82. The summed E-state index contributed by atoms with van der Waals surface area (Å²) in [7, 11) is -4.29. The molecule has 1 aliphatic rings. The largest absolute Gasteiger partial charge is 0.491 e. The summed E-state index contributed by atoms with van der Waals surface area (Å²) in [6.07, 6.45) is -0.820. The normalized spacial score (nSPS) is 16.8. The topological polar surface area (TPSA) is 87.2 Å². The summed E-state index contributed by atoms with van der Waals surface area (Å²) >= 11 is 0. The van der Waals surface area contributed by atoms with Gasteiger partial charge in [0.25, 0.3) is 0 Å². The van der Waals surface area contributed by atoms with E-state index in [0.29, 0.717) is 24.4 Å². The Balaban J connectivity index is 1.50. The number of carbonyl (C=O) groups excluding carboxylic acids is 1. The van der Waals surface area contributed by atoms with Crippen molar-refractivity contribution in [2.75, 3.05) is 39.3 Å². The van der Waals surface area contributed by atoms with Crippen LogP contribution < -0.4 is 4.74 Å². The van der Waals surface area contributed by atoms with Gasteiger partial charge in [0.15, 0.2) is 10.7 Å². The molecular formula is C21H24F2N2O5S. The zero-order valence-corrected chi connectivity index (χ0v) is 17.8. The standard InChI is InChI=1S/C21H24F2N2O5S/c1-15(26)16-5-7-18(8-6-16)30-14-17(27)13-24-9-11-25(12-10-24)31(28,29)21-19(22)3-2-4-20(21)23/h2-8,17,27H,9-14H2,1H3. The van der Waals surface area contributed by atoms with E-state index in [0.717, 1.165) is 22.5 Å². The third-order valence-electron chi connectivity index (χ3n) is 5.02. The third-order valence-corrected chi connectivity index (χ3v) is 6.97. The first-order valence-corrected chi connectivity index (χ1v) is 11.2. The first-order valence-electron chi connectivity index (χ1n) is 9.77. The number of piperazine rings is 1. The summed E-state index contributed by atoms with van der Waals surface area (Å²) in [6, 6.07) is 9.52. The van der Waals surface area contributed by atoms with Crippen LogP contribution in [0.3, 0.4) is 0 Å². The average molecular weight is 454 g/mol. The molecule has 0 radical (unpaired) electrons. The smallest absolute Gasteiger partial charge is 0.249 e. The molecule has 0 amide bonds. The number of benzene rings is 2. The minimum atomic E-state index is -4.29. The van der Waals surface area contributed by atoms with E-state index >= 15 is 0 Å². The highest BCUT2D eigenvalue weighted by molar-refractivity contribution is 7.89. The van der Waals surface area contributed by atoms with Crippen LogP contribution in [0.15, 0.2) is 47.4 Å². The highest BCUT2D eigenvalue weighted by atomic mass is 32.2. The van der Waals surface area contributed by atoms with E-state index in [2.05, 4.69) is 0 Å². The van der Waals surface area contributed by atoms with Crippen LogP contribution in [0.1, 0.15) is 17.3 Å². The van der Waals surface area contributed by atoms with E-state index in [4.69, 9.17) is 4.74 Å². The molecule has 10 heteroatoms. The van der Waals surface area contributed by atoms with Crippen LogP contribution in [0.25, 0.3) is 0 Å². The molecule has 0 aliphatic carbocycles. The average Bonchev–Trinajstić information content (AvgIpc) is 2.72. The number of nitrogens with zero attached hydrogens (tertiary/aromatic N) is 2. The van der Waals surface area contributed by atoms with E-state index in [-0.39, 0.29) is 32.0 Å². The highest BCUT2D eigenvalue weighted by Crippen LogP contribution is 2.23. The number of hydrogen-bond donors (Lipinski definition) is 1. The van der Waals surface area contributed by atoms with Crippen LogP contribution in [0.5, 0.6) is 5.75 Å². The lowest BCUT2D eigenvalue weighted by molar-refractivity contribution is 0.0568. The predicted molar refractivity (Wildman–Crippen MR) is 110 cm³/mol. The van der Waals surface area contributed by atoms with Gasteiger partial charge in [-0.25, -0.2) is 17.2 Å². The summed E-state index contributed by atoms with van der Waals surface area (Å²) in [5.74, 6) is -1.77. The molecule has 1 fully saturated rings. The monoisotopic (exact) mass is 454 g/mol. The first-order chi connectivity index (χ1) is 14.7. The Morgan fingerprint density at radius 3 is 2.19 bits per heavy atom. The summed E-state index contributed by atoms with van der Waals surface area (Å²) < 4.78 is 59.6. The summed E-state index contributed by atoms with van der Waals surface area (Å²) in [4.78, 5) is 12.2. The van der Waals surface area contributed by atoms with Crippen molar-refractivity contribution in [2.24, 2.45) is 0 Å². The number of ether oxygens (including phenoxy) is 1. The second-order valence-electron chi connectivity index (χ2n) is 7.30. The molecule has 0 aromatic heterocycles. The number of β-amino-alcohol motifs (C(OH)–C–C–N with tert-alkyl or cyclic N) is 1. The van der Waals surface area contributed by atoms with Gasteiger partial charge in [-0.15, -0.1) is 0 Å². The molecule has 1 N–H and O–H groups in total. The van der Waals surface area contributed by atoms with Crippen molar-refractivity contribution in [1.29, 1.82) is 0 Å². The van der Waals surface area contributed by atoms with Crippen LogP contribution in [0.4, 0.5) is 8.78 Å². The number of aliphatic hydroxyl groups is 1. The van der Waals surface area contributed by atoms with Gasteiger partial charge in [0, 0.05) is 38.3 Å². The Bertz CT molecular complexity index is 1000. The Morgan fingerprint density at radius 1 is 1.06 bits per heavy atom. The molecule has 2 aromatic carbocycles. The lowest BCUT2D eigenvalue weighted by Gasteiger charge is -2.34. The fourth-order valence-corrected chi connectivity index (χ4v) is 4.87. The maximum absolute atomic E-state index is 13.9. The molecule has 1 atom stereocenters. The van der Waals surface area contributed by atoms with Gasteiger partial charge in [-0.3, -0.25) is 9.69 Å². The van der Waals surface area contributed by atoms with Gasteiger partial charge in [0.1, 0.15) is 30.1 Å². The van der Waals surface area contributed by atoms with E-state index in [1.165, 1.54) is 6.92 Å². The van der Waals surface area contributed by atoms with Crippen molar-refractivity contribution < 1.29 is 31.8 Å². The number of Topliss-reactive ketones (excluding diaryl/α,β-unsaturated/α-hetero) is 1. The number of aliphatic hydroxyl groups excluding tert-OH is 1. The highest BCUT2D eigenvalue weighted by Gasteiger charge is 2.33. The number of ketones is 1. The lowest BCUT2D eigenvalue weighted by atomic mass is 10.1. The van der Waals surface area contributed by atoms with E-state index < -0.39 is 32.7 Å². The van der Waals surface area contributed by atoms with Crippen LogP contribution in [0, 0.1) is 11.6 Å². The summed E-state index contributed by atoms with van der Waals surface area (Å²) in [5.41, 5.74) is 0.566. The Kier molecular flexibility index (Phi) is 7.37. The number of halogens is 2. The van der Waals surface area contributed by atoms with E-state index in [1.807, 2.05) is 4.90 Å². The maximum Gasteiger partial charge on any atom is 0.249 e. The van der Waals surface area contributed by atoms with Gasteiger partial charge >= 0.3 is 0 Å². The van der Waals surface area contributed by atoms with Crippen LogP contribution >= 0.6 is 0 Å². The summed E-state index contributed by atoms with van der Waals surface area (Å²) in [5, 5.41) is 10.2. The lowest BCUT2D eigenvalue weighted by Crippen LogP contribution is -2.51. The Hall–Kier alpha value is -2.40. The van der Waals surface area contributed by atoms with E-state index in [1.54, 1.807) is 24.3 Å². The predicted octanol–water partition coefficient (Wildman–Crippen LogP) is 1.91. The van der Waals surface area contributed by atoms with Crippen molar-refractivity contribution in [2.45, 2.75) is 17.9 Å². The third kappa shape index (κ3) is 5.65. The maximum atomic E-state index is 13.9. The molecule has 1 aliphatic heterocycles. The molecule has 7 nitrogen and oxygen atoms in total. The van der Waals surface area contributed by atoms with Gasteiger partial charge in [-0.05, 0) is 43.3 Å². The molecule has 1 saturated heterocycles. The number of sulfonamides is 1. The van der Waals surface area contributed by atoms with Crippen molar-refractivity contribution in [3.05, 3.63) is 59.7 Å². The minimum absolute atomic E-state index is 0.0262. The van der Waals surface area contributed by atoms with Crippen LogP contribution in [-0.2, 0) is 10.0 Å². The van der Waals surface area contributed by atoms with Crippen molar-refractivity contribution >= 4 is 15.8 Å². The van der Waals surface area contributed by atoms with Crippen molar-refractivity contribution in [3.63, 3.8) is 0 Å². The number of rotatable bonds is 8. The summed E-state index contributed by atoms with van der Waals surface area (Å²) in [6.45, 7) is 2.47. The zero-order valence-electron chi connectivity index (χ0n) is 17.0.